The molecule has 5 amide bonds. The summed E-state index contributed by atoms with van der Waals surface area (Å²) in [5.74, 6) is -2.33. The van der Waals surface area contributed by atoms with Crippen LogP contribution in [0.5, 0.6) is 0 Å². The Kier molecular flexibility index (Phi) is 5.33. The van der Waals surface area contributed by atoms with Gasteiger partial charge in [-0.2, -0.15) is 0 Å². The normalized spacial score (nSPS) is 14.8. The maximum Gasteiger partial charge on any atom is 0.334 e. The second kappa shape index (κ2) is 7.25. The molecule has 1 aliphatic heterocycles. The molecule has 0 atom stereocenters. The lowest BCUT2D eigenvalue weighted by molar-refractivity contribution is -0.143. The topological polar surface area (TPSA) is 86.8 Å². The van der Waals surface area contributed by atoms with Crippen molar-refractivity contribution in [3.63, 3.8) is 0 Å². The Bertz CT molecular complexity index is 684. The minimum absolute atomic E-state index is 0.0382. The van der Waals surface area contributed by atoms with Gasteiger partial charge in [-0.1, -0.05) is 32.9 Å². The molecule has 1 aromatic rings. The Hall–Kier alpha value is -2.70. The van der Waals surface area contributed by atoms with Crippen molar-refractivity contribution in [1.82, 2.24) is 9.80 Å². The first-order valence-corrected chi connectivity index (χ1v) is 7.89. The number of nitrogens with zero attached hydrogens (tertiary/aromatic N) is 2. The number of hydrogen-bond acceptors (Lipinski definition) is 4. The van der Waals surface area contributed by atoms with Crippen LogP contribution in [0.3, 0.4) is 0 Å². The molecule has 0 spiro atoms. The van der Waals surface area contributed by atoms with Crippen LogP contribution in [0.2, 0.25) is 0 Å². The van der Waals surface area contributed by atoms with Crippen LogP contribution in [0.25, 0.3) is 0 Å². The fourth-order valence-corrected chi connectivity index (χ4v) is 2.43. The van der Waals surface area contributed by atoms with Gasteiger partial charge in [0.15, 0.2) is 0 Å². The van der Waals surface area contributed by atoms with Gasteiger partial charge in [0, 0.05) is 12.2 Å². The summed E-state index contributed by atoms with van der Waals surface area (Å²) in [7, 11) is 0. The van der Waals surface area contributed by atoms with E-state index >= 15 is 0 Å². The van der Waals surface area contributed by atoms with Gasteiger partial charge in [0.1, 0.15) is 6.54 Å². The van der Waals surface area contributed by atoms with Gasteiger partial charge in [0.05, 0.1) is 0 Å². The van der Waals surface area contributed by atoms with Gasteiger partial charge in [-0.15, -0.1) is 0 Å². The van der Waals surface area contributed by atoms with Crippen LogP contribution in [0.15, 0.2) is 24.3 Å². The predicted molar refractivity (Wildman–Crippen MR) is 88.1 cm³/mol. The third-order valence-corrected chi connectivity index (χ3v) is 3.60. The zero-order valence-electron chi connectivity index (χ0n) is 14.0. The van der Waals surface area contributed by atoms with Gasteiger partial charge in [0.25, 0.3) is 0 Å². The second-order valence-corrected chi connectivity index (χ2v) is 6.09. The van der Waals surface area contributed by atoms with Gasteiger partial charge >= 0.3 is 17.8 Å². The highest BCUT2D eigenvalue weighted by Gasteiger charge is 2.45. The SMILES string of the molecule is CCc1cccc(NC(=O)CN2C(=O)C(=O)N(CC(C)C)C2=O)c1. The van der Waals surface area contributed by atoms with E-state index in [0.29, 0.717) is 10.6 Å². The molecule has 1 fully saturated rings. The molecule has 128 valence electrons. The van der Waals surface area contributed by atoms with Gasteiger partial charge in [0.2, 0.25) is 5.91 Å². The lowest BCUT2D eigenvalue weighted by atomic mass is 10.1. The van der Waals surface area contributed by atoms with Crippen molar-refractivity contribution in [3.05, 3.63) is 29.8 Å². The molecule has 0 bridgehead atoms. The molecule has 7 nitrogen and oxygen atoms in total. The summed E-state index contributed by atoms with van der Waals surface area (Å²) in [6.45, 7) is 5.34. The van der Waals surface area contributed by atoms with E-state index in [1.807, 2.05) is 39.0 Å². The summed E-state index contributed by atoms with van der Waals surface area (Å²) in [6.07, 6.45) is 0.825. The molecule has 1 aliphatic rings. The van der Waals surface area contributed by atoms with Crippen molar-refractivity contribution in [1.29, 1.82) is 0 Å². The fraction of sp³-hybridized carbons (Fsp3) is 0.412. The van der Waals surface area contributed by atoms with Crippen LogP contribution >= 0.6 is 0 Å². The number of imide groups is 2. The molecule has 1 N–H and O–H groups in total. The summed E-state index contributed by atoms with van der Waals surface area (Å²) in [5, 5.41) is 2.64. The standard InChI is InChI=1S/C17H21N3O4/c1-4-12-6-5-7-13(8-12)18-14(21)10-20-16(23)15(22)19(17(20)24)9-11(2)3/h5-8,11H,4,9-10H2,1-3H3,(H,18,21). The Morgan fingerprint density at radius 1 is 1.12 bits per heavy atom. The maximum atomic E-state index is 12.2. The van der Waals surface area contributed by atoms with Crippen LogP contribution < -0.4 is 5.32 Å². The summed E-state index contributed by atoms with van der Waals surface area (Å²) in [5.41, 5.74) is 1.64. The van der Waals surface area contributed by atoms with E-state index in [0.717, 1.165) is 16.9 Å². The molecule has 0 aliphatic carbocycles. The van der Waals surface area contributed by atoms with Gasteiger partial charge in [-0.3, -0.25) is 19.3 Å². The van der Waals surface area contributed by atoms with Crippen LogP contribution in [-0.4, -0.2) is 46.6 Å². The molecule has 7 heteroatoms. The number of hydrogen-bond donors (Lipinski definition) is 1. The first-order chi connectivity index (χ1) is 11.3. The smallest absolute Gasteiger partial charge is 0.325 e. The van der Waals surface area contributed by atoms with Crippen molar-refractivity contribution < 1.29 is 19.2 Å². The molecule has 1 aromatic carbocycles. The highest BCUT2D eigenvalue weighted by molar-refractivity contribution is 6.45. The van der Waals surface area contributed by atoms with Crippen molar-refractivity contribution in [2.75, 3.05) is 18.4 Å². The first kappa shape index (κ1) is 17.7. The Morgan fingerprint density at radius 3 is 2.42 bits per heavy atom. The largest absolute Gasteiger partial charge is 0.334 e. The van der Waals surface area contributed by atoms with E-state index in [4.69, 9.17) is 0 Å². The van der Waals surface area contributed by atoms with E-state index in [1.54, 1.807) is 6.07 Å². The highest BCUT2D eigenvalue weighted by Crippen LogP contribution is 2.15. The van der Waals surface area contributed by atoms with Crippen molar-refractivity contribution in [2.45, 2.75) is 27.2 Å². The monoisotopic (exact) mass is 331 g/mol. The van der Waals surface area contributed by atoms with E-state index < -0.39 is 30.3 Å². The Labute approximate surface area is 140 Å². The number of benzene rings is 1. The quantitative estimate of drug-likeness (QED) is 0.634. The van der Waals surface area contributed by atoms with E-state index in [2.05, 4.69) is 5.32 Å². The minimum Gasteiger partial charge on any atom is -0.325 e. The average molecular weight is 331 g/mol. The average Bonchev–Trinajstić information content (AvgIpc) is 2.72. The molecule has 2 rings (SSSR count). The van der Waals surface area contributed by atoms with Crippen LogP contribution in [0, 0.1) is 5.92 Å². The molecule has 0 radical (unpaired) electrons. The summed E-state index contributed by atoms with van der Waals surface area (Å²) < 4.78 is 0. The predicted octanol–water partition coefficient (Wildman–Crippen LogP) is 1.63. The molecule has 0 aromatic heterocycles. The van der Waals surface area contributed by atoms with Crippen LogP contribution in [0.1, 0.15) is 26.3 Å². The van der Waals surface area contributed by atoms with E-state index in [1.165, 1.54) is 0 Å². The van der Waals surface area contributed by atoms with Gasteiger partial charge < -0.3 is 5.32 Å². The highest BCUT2D eigenvalue weighted by atomic mass is 16.2. The third-order valence-electron chi connectivity index (χ3n) is 3.60. The third kappa shape index (κ3) is 3.79. The Balaban J connectivity index is 2.04. The van der Waals surface area contributed by atoms with E-state index in [9.17, 15) is 19.2 Å². The zero-order valence-corrected chi connectivity index (χ0v) is 14.0. The maximum absolute atomic E-state index is 12.2. The lowest BCUT2D eigenvalue weighted by Crippen LogP contribution is -2.39. The number of amides is 5. The number of urea groups is 1. The second-order valence-electron chi connectivity index (χ2n) is 6.09. The molecule has 24 heavy (non-hydrogen) atoms. The molecule has 1 saturated heterocycles. The zero-order chi connectivity index (χ0) is 17.9. The molecule has 1 heterocycles. The number of carbonyl (C=O) groups excluding carboxylic acids is 4. The minimum atomic E-state index is -0.960. The first-order valence-electron chi connectivity index (χ1n) is 7.89. The van der Waals surface area contributed by atoms with Crippen molar-refractivity contribution >= 4 is 29.4 Å². The molecule has 0 unspecified atom stereocenters. The van der Waals surface area contributed by atoms with Gasteiger partial charge in [-0.25, -0.2) is 9.69 Å². The molecule has 0 saturated carbocycles. The van der Waals surface area contributed by atoms with Crippen molar-refractivity contribution in [2.24, 2.45) is 5.92 Å². The molecular formula is C17H21N3O4. The summed E-state index contributed by atoms with van der Waals surface area (Å²) in [6, 6.07) is 6.55. The Morgan fingerprint density at radius 2 is 1.79 bits per heavy atom. The fourth-order valence-electron chi connectivity index (χ4n) is 2.43. The number of nitrogens with one attached hydrogen (secondary N) is 1. The molecular weight excluding hydrogens is 310 g/mol. The number of anilines is 1. The number of carbonyl (C=O) groups is 4. The number of rotatable bonds is 6. The van der Waals surface area contributed by atoms with Crippen LogP contribution in [-0.2, 0) is 20.8 Å². The van der Waals surface area contributed by atoms with Crippen molar-refractivity contribution in [3.8, 4) is 0 Å². The number of aryl methyl sites for hydroxylation is 1. The summed E-state index contributed by atoms with van der Waals surface area (Å²) >= 11 is 0. The lowest BCUT2D eigenvalue weighted by Gasteiger charge is -2.16. The van der Waals surface area contributed by atoms with Gasteiger partial charge in [-0.05, 0) is 30.0 Å². The summed E-state index contributed by atoms with van der Waals surface area (Å²) in [4.78, 5) is 49.7. The van der Waals surface area contributed by atoms with Crippen LogP contribution in [0.4, 0.5) is 10.5 Å². The van der Waals surface area contributed by atoms with E-state index in [-0.39, 0.29) is 12.5 Å².